The Morgan fingerprint density at radius 1 is 1.00 bits per heavy atom. The van der Waals surface area contributed by atoms with Gasteiger partial charge in [0.05, 0.1) is 12.2 Å². The minimum absolute atomic E-state index is 0.0175. The molecule has 0 radical (unpaired) electrons. The van der Waals surface area contributed by atoms with E-state index in [4.69, 9.17) is 4.74 Å². The monoisotopic (exact) mass is 405 g/mol. The number of amides is 1. The lowest BCUT2D eigenvalue weighted by Gasteiger charge is -2.35. The third-order valence-corrected chi connectivity index (χ3v) is 5.39. The number of carbonyl (C=O) groups excluding carboxylic acids is 1. The Hall–Kier alpha value is -3.35. The van der Waals surface area contributed by atoms with Gasteiger partial charge in [-0.05, 0) is 35.9 Å². The first kappa shape index (κ1) is 19.9. The van der Waals surface area contributed by atoms with Gasteiger partial charge >= 0.3 is 0 Å². The van der Waals surface area contributed by atoms with Gasteiger partial charge in [-0.2, -0.15) is 0 Å². The summed E-state index contributed by atoms with van der Waals surface area (Å²) in [4.78, 5) is 19.5. The highest BCUT2D eigenvalue weighted by molar-refractivity contribution is 6.09. The zero-order valence-electron chi connectivity index (χ0n) is 17.7. The average molecular weight is 406 g/mol. The smallest absolute Gasteiger partial charge is 0.258 e. The number of rotatable bonds is 5. The van der Waals surface area contributed by atoms with Gasteiger partial charge in [0.2, 0.25) is 0 Å². The van der Waals surface area contributed by atoms with Gasteiger partial charge in [0, 0.05) is 40.3 Å². The van der Waals surface area contributed by atoms with Gasteiger partial charge in [0.15, 0.2) is 11.6 Å². The Morgan fingerprint density at radius 2 is 1.77 bits per heavy atom. The van der Waals surface area contributed by atoms with Crippen LogP contribution >= 0.6 is 0 Å². The molecule has 2 heterocycles. The third kappa shape index (κ3) is 3.87. The SMILES string of the molecule is CCOc1ccc2ccccc2c1C(=O)N1CCN(c2ccc(N(C)C)nn2)CC1. The van der Waals surface area contributed by atoms with Gasteiger partial charge in [-0.1, -0.05) is 30.3 Å². The molecule has 1 aliphatic heterocycles. The van der Waals surface area contributed by atoms with Crippen molar-refractivity contribution in [3.8, 4) is 5.75 Å². The molecule has 7 nitrogen and oxygen atoms in total. The first-order chi connectivity index (χ1) is 14.6. The highest BCUT2D eigenvalue weighted by Crippen LogP contribution is 2.30. The molecule has 0 bridgehead atoms. The van der Waals surface area contributed by atoms with Crippen LogP contribution in [0.1, 0.15) is 17.3 Å². The van der Waals surface area contributed by atoms with Gasteiger partial charge in [-0.3, -0.25) is 4.79 Å². The van der Waals surface area contributed by atoms with Crippen LogP contribution in [0, 0.1) is 0 Å². The second-order valence-electron chi connectivity index (χ2n) is 7.52. The number of piperazine rings is 1. The zero-order valence-corrected chi connectivity index (χ0v) is 17.7. The molecule has 0 saturated carbocycles. The Balaban J connectivity index is 1.53. The summed E-state index contributed by atoms with van der Waals surface area (Å²) in [6, 6.07) is 15.8. The molecule has 4 rings (SSSR count). The summed E-state index contributed by atoms with van der Waals surface area (Å²) in [5.74, 6) is 2.33. The minimum Gasteiger partial charge on any atom is -0.493 e. The van der Waals surface area contributed by atoms with Crippen molar-refractivity contribution in [2.75, 3.05) is 56.7 Å². The van der Waals surface area contributed by atoms with E-state index in [9.17, 15) is 4.79 Å². The Labute approximate surface area is 176 Å². The Kier molecular flexibility index (Phi) is 5.70. The van der Waals surface area contributed by atoms with Crippen molar-refractivity contribution in [3.05, 3.63) is 54.1 Å². The molecule has 156 valence electrons. The maximum Gasteiger partial charge on any atom is 0.258 e. The normalized spacial score (nSPS) is 14.1. The van der Waals surface area contributed by atoms with Gasteiger partial charge in [0.1, 0.15) is 5.75 Å². The number of hydrogen-bond donors (Lipinski definition) is 0. The fraction of sp³-hybridized carbons (Fsp3) is 0.348. The Bertz CT molecular complexity index is 1030. The van der Waals surface area contributed by atoms with E-state index in [2.05, 4.69) is 15.1 Å². The largest absolute Gasteiger partial charge is 0.493 e. The molecule has 3 aromatic rings. The second-order valence-corrected chi connectivity index (χ2v) is 7.52. The van der Waals surface area contributed by atoms with Crippen LogP contribution in [-0.4, -0.2) is 67.9 Å². The van der Waals surface area contributed by atoms with Crippen LogP contribution in [0.15, 0.2) is 48.5 Å². The number of aromatic nitrogens is 2. The van der Waals surface area contributed by atoms with Crippen LogP contribution in [0.3, 0.4) is 0 Å². The Morgan fingerprint density at radius 3 is 2.43 bits per heavy atom. The molecule has 1 fully saturated rings. The maximum atomic E-state index is 13.5. The van der Waals surface area contributed by atoms with Crippen molar-refractivity contribution in [2.24, 2.45) is 0 Å². The summed E-state index contributed by atoms with van der Waals surface area (Å²) in [6.45, 7) is 5.15. The van der Waals surface area contributed by atoms with Gasteiger partial charge in [-0.15, -0.1) is 10.2 Å². The summed E-state index contributed by atoms with van der Waals surface area (Å²) in [5.41, 5.74) is 0.651. The molecule has 0 N–H and O–H groups in total. The second kappa shape index (κ2) is 8.57. The van der Waals surface area contributed by atoms with E-state index < -0.39 is 0 Å². The fourth-order valence-corrected chi connectivity index (χ4v) is 3.77. The summed E-state index contributed by atoms with van der Waals surface area (Å²) in [6.07, 6.45) is 0. The molecule has 1 aliphatic rings. The summed E-state index contributed by atoms with van der Waals surface area (Å²) >= 11 is 0. The zero-order chi connectivity index (χ0) is 21.1. The molecular weight excluding hydrogens is 378 g/mol. The molecular formula is C23H27N5O2. The molecule has 1 saturated heterocycles. The van der Waals surface area contributed by atoms with Crippen molar-refractivity contribution in [1.82, 2.24) is 15.1 Å². The summed E-state index contributed by atoms with van der Waals surface area (Å²) in [7, 11) is 3.88. The number of anilines is 2. The highest BCUT2D eigenvalue weighted by Gasteiger charge is 2.26. The molecule has 1 amide bonds. The predicted molar refractivity (Wildman–Crippen MR) is 120 cm³/mol. The lowest BCUT2D eigenvalue weighted by atomic mass is 10.0. The van der Waals surface area contributed by atoms with Crippen LogP contribution in [0.5, 0.6) is 5.75 Å². The number of nitrogens with zero attached hydrogens (tertiary/aromatic N) is 5. The minimum atomic E-state index is 0.0175. The first-order valence-electron chi connectivity index (χ1n) is 10.3. The van der Waals surface area contributed by atoms with Crippen molar-refractivity contribution < 1.29 is 9.53 Å². The van der Waals surface area contributed by atoms with E-state index in [-0.39, 0.29) is 5.91 Å². The number of fused-ring (bicyclic) bond motifs is 1. The van der Waals surface area contributed by atoms with E-state index in [1.165, 1.54) is 0 Å². The molecule has 0 atom stereocenters. The number of ether oxygens (including phenoxy) is 1. The highest BCUT2D eigenvalue weighted by atomic mass is 16.5. The van der Waals surface area contributed by atoms with Crippen LogP contribution in [0.25, 0.3) is 10.8 Å². The fourth-order valence-electron chi connectivity index (χ4n) is 3.77. The van der Waals surface area contributed by atoms with E-state index in [1.807, 2.05) is 79.3 Å². The van der Waals surface area contributed by atoms with Crippen LogP contribution in [0.2, 0.25) is 0 Å². The first-order valence-corrected chi connectivity index (χ1v) is 10.3. The van der Waals surface area contributed by atoms with E-state index in [0.717, 1.165) is 35.5 Å². The molecule has 1 aromatic heterocycles. The lowest BCUT2D eigenvalue weighted by Crippen LogP contribution is -2.49. The maximum absolute atomic E-state index is 13.5. The third-order valence-electron chi connectivity index (χ3n) is 5.39. The number of carbonyl (C=O) groups is 1. The van der Waals surface area contributed by atoms with Crippen molar-refractivity contribution in [3.63, 3.8) is 0 Å². The number of hydrogen-bond acceptors (Lipinski definition) is 6. The summed E-state index contributed by atoms with van der Waals surface area (Å²) in [5, 5.41) is 10.6. The summed E-state index contributed by atoms with van der Waals surface area (Å²) < 4.78 is 5.80. The van der Waals surface area contributed by atoms with Crippen molar-refractivity contribution >= 4 is 28.3 Å². The molecule has 30 heavy (non-hydrogen) atoms. The van der Waals surface area contributed by atoms with Crippen LogP contribution in [-0.2, 0) is 0 Å². The van der Waals surface area contributed by atoms with E-state index in [0.29, 0.717) is 31.0 Å². The molecule has 2 aromatic carbocycles. The molecule has 0 spiro atoms. The predicted octanol–water partition coefficient (Wildman–Crippen LogP) is 3.06. The van der Waals surface area contributed by atoms with Crippen molar-refractivity contribution in [2.45, 2.75) is 6.92 Å². The standard InChI is InChI=1S/C23H27N5O2/c1-4-30-19-10-9-17-7-5-6-8-18(17)22(19)23(29)28-15-13-27(14-16-28)21-12-11-20(24-25-21)26(2)3/h5-12H,4,13-16H2,1-3H3. The van der Waals surface area contributed by atoms with Gasteiger partial charge in [-0.25, -0.2) is 0 Å². The average Bonchev–Trinajstić information content (AvgIpc) is 2.79. The van der Waals surface area contributed by atoms with E-state index in [1.54, 1.807) is 0 Å². The van der Waals surface area contributed by atoms with Crippen molar-refractivity contribution in [1.29, 1.82) is 0 Å². The van der Waals surface area contributed by atoms with E-state index >= 15 is 0 Å². The van der Waals surface area contributed by atoms with Gasteiger partial charge in [0.25, 0.3) is 5.91 Å². The topological polar surface area (TPSA) is 61.8 Å². The quantitative estimate of drug-likeness (QED) is 0.650. The number of benzene rings is 2. The van der Waals surface area contributed by atoms with Crippen LogP contribution < -0.4 is 14.5 Å². The molecule has 0 aliphatic carbocycles. The lowest BCUT2D eigenvalue weighted by molar-refractivity contribution is 0.0744. The van der Waals surface area contributed by atoms with Gasteiger partial charge < -0.3 is 19.4 Å². The van der Waals surface area contributed by atoms with Crippen LogP contribution in [0.4, 0.5) is 11.6 Å². The molecule has 0 unspecified atom stereocenters. The molecule has 7 heteroatoms.